The van der Waals surface area contributed by atoms with Gasteiger partial charge in [0.2, 0.25) is 0 Å². The molecule has 0 saturated carbocycles. The van der Waals surface area contributed by atoms with Crippen LogP contribution in [0.4, 0.5) is 0 Å². The SMILES string of the molecule is Cc1cc(C(=O)O)sc1C(O)C(O)CCl. The molecule has 0 aliphatic carbocycles. The number of thiophene rings is 1. The summed E-state index contributed by atoms with van der Waals surface area (Å²) < 4.78 is 0. The van der Waals surface area contributed by atoms with Gasteiger partial charge >= 0.3 is 5.97 Å². The number of alkyl halides is 1. The lowest BCUT2D eigenvalue weighted by atomic mass is 10.1. The maximum Gasteiger partial charge on any atom is 0.345 e. The van der Waals surface area contributed by atoms with E-state index in [1.165, 1.54) is 6.07 Å². The van der Waals surface area contributed by atoms with Gasteiger partial charge in [-0.3, -0.25) is 0 Å². The number of carbonyl (C=O) groups is 1. The molecule has 1 aromatic heterocycles. The third-order valence-electron chi connectivity index (χ3n) is 1.96. The highest BCUT2D eigenvalue weighted by Gasteiger charge is 2.23. The van der Waals surface area contributed by atoms with Crippen LogP contribution in [0.15, 0.2) is 6.07 Å². The van der Waals surface area contributed by atoms with Crippen LogP contribution in [0.2, 0.25) is 0 Å². The Hall–Kier alpha value is -0.620. The van der Waals surface area contributed by atoms with Crippen LogP contribution in [-0.4, -0.2) is 33.3 Å². The molecule has 0 bridgehead atoms. The molecule has 2 unspecified atom stereocenters. The Morgan fingerprint density at radius 2 is 2.20 bits per heavy atom. The molecule has 2 atom stereocenters. The molecule has 0 radical (unpaired) electrons. The summed E-state index contributed by atoms with van der Waals surface area (Å²) in [5.41, 5.74) is 0.647. The number of carboxylic acid groups (broad SMARTS) is 1. The zero-order valence-corrected chi connectivity index (χ0v) is 9.55. The van der Waals surface area contributed by atoms with Crippen molar-refractivity contribution in [3.05, 3.63) is 21.4 Å². The maximum absolute atomic E-state index is 10.7. The Bertz CT molecular complexity index is 363. The van der Waals surface area contributed by atoms with Crippen LogP contribution >= 0.6 is 22.9 Å². The summed E-state index contributed by atoms with van der Waals surface area (Å²) >= 11 is 6.35. The van der Waals surface area contributed by atoms with Gasteiger partial charge in [-0.25, -0.2) is 4.79 Å². The highest BCUT2D eigenvalue weighted by atomic mass is 35.5. The average Bonchev–Trinajstić information content (AvgIpc) is 2.58. The number of hydrogen-bond donors (Lipinski definition) is 3. The molecule has 84 valence electrons. The van der Waals surface area contributed by atoms with Crippen molar-refractivity contribution in [2.45, 2.75) is 19.1 Å². The molecular weight excluding hydrogens is 240 g/mol. The Morgan fingerprint density at radius 1 is 1.60 bits per heavy atom. The van der Waals surface area contributed by atoms with Crippen LogP contribution in [0, 0.1) is 6.92 Å². The molecule has 1 rings (SSSR count). The summed E-state index contributed by atoms with van der Waals surface area (Å²) in [6.07, 6.45) is -2.20. The molecule has 0 saturated heterocycles. The van der Waals surface area contributed by atoms with Gasteiger partial charge in [0.25, 0.3) is 0 Å². The summed E-state index contributed by atoms with van der Waals surface area (Å²) in [4.78, 5) is 11.3. The van der Waals surface area contributed by atoms with E-state index in [1.54, 1.807) is 6.92 Å². The van der Waals surface area contributed by atoms with Gasteiger partial charge in [-0.05, 0) is 18.6 Å². The third-order valence-corrected chi connectivity index (χ3v) is 3.57. The summed E-state index contributed by atoms with van der Waals surface area (Å²) in [7, 11) is 0. The summed E-state index contributed by atoms with van der Waals surface area (Å²) in [5, 5.41) is 27.7. The standard InChI is InChI=1S/C9H11ClO4S/c1-4-2-6(9(13)14)15-8(4)7(12)5(11)3-10/h2,5,7,11-12H,3H2,1H3,(H,13,14). The molecule has 0 fully saturated rings. The Balaban J connectivity index is 2.99. The quantitative estimate of drug-likeness (QED) is 0.706. The molecule has 0 aromatic carbocycles. The van der Waals surface area contributed by atoms with Crippen molar-refractivity contribution in [1.82, 2.24) is 0 Å². The Morgan fingerprint density at radius 3 is 2.60 bits per heavy atom. The first kappa shape index (κ1) is 12.4. The van der Waals surface area contributed by atoms with E-state index in [2.05, 4.69) is 0 Å². The molecule has 1 heterocycles. The van der Waals surface area contributed by atoms with Crippen molar-refractivity contribution in [2.75, 3.05) is 5.88 Å². The van der Waals surface area contributed by atoms with Gasteiger partial charge in [-0.15, -0.1) is 22.9 Å². The number of hydrogen-bond acceptors (Lipinski definition) is 4. The largest absolute Gasteiger partial charge is 0.477 e. The number of rotatable bonds is 4. The predicted octanol–water partition coefficient (Wildman–Crippen LogP) is 1.39. The topological polar surface area (TPSA) is 77.8 Å². The first-order valence-corrected chi connectivity index (χ1v) is 5.58. The molecule has 6 heteroatoms. The molecular formula is C9H11ClO4S. The zero-order valence-electron chi connectivity index (χ0n) is 7.98. The third kappa shape index (κ3) is 2.69. The van der Waals surface area contributed by atoms with E-state index < -0.39 is 18.2 Å². The molecule has 0 spiro atoms. The lowest BCUT2D eigenvalue weighted by Gasteiger charge is -2.14. The van der Waals surface area contributed by atoms with Gasteiger partial charge in [0.1, 0.15) is 11.0 Å². The highest BCUT2D eigenvalue weighted by Crippen LogP contribution is 2.30. The Kier molecular flexibility index (Phi) is 4.10. The van der Waals surface area contributed by atoms with Crippen molar-refractivity contribution >= 4 is 28.9 Å². The van der Waals surface area contributed by atoms with Crippen molar-refractivity contribution in [1.29, 1.82) is 0 Å². The normalized spacial score (nSPS) is 14.9. The molecule has 3 N–H and O–H groups in total. The van der Waals surface area contributed by atoms with E-state index in [1.807, 2.05) is 0 Å². The van der Waals surface area contributed by atoms with Gasteiger partial charge in [-0.1, -0.05) is 0 Å². The van der Waals surface area contributed by atoms with Crippen molar-refractivity contribution in [2.24, 2.45) is 0 Å². The van der Waals surface area contributed by atoms with E-state index >= 15 is 0 Å². The lowest BCUT2D eigenvalue weighted by Crippen LogP contribution is -2.19. The molecule has 15 heavy (non-hydrogen) atoms. The average molecular weight is 251 g/mol. The van der Waals surface area contributed by atoms with Crippen LogP contribution in [0.5, 0.6) is 0 Å². The predicted molar refractivity (Wildman–Crippen MR) is 57.7 cm³/mol. The lowest BCUT2D eigenvalue weighted by molar-refractivity contribution is 0.0346. The maximum atomic E-state index is 10.7. The molecule has 0 amide bonds. The second-order valence-corrected chi connectivity index (χ2v) is 4.52. The van der Waals surface area contributed by atoms with E-state index in [0.29, 0.717) is 10.4 Å². The minimum atomic E-state index is -1.12. The van der Waals surface area contributed by atoms with E-state index in [9.17, 15) is 15.0 Å². The summed E-state index contributed by atoms with van der Waals surface area (Å²) in [6, 6.07) is 1.46. The molecule has 4 nitrogen and oxygen atoms in total. The van der Waals surface area contributed by atoms with E-state index in [-0.39, 0.29) is 10.8 Å². The number of aliphatic hydroxyl groups is 2. The van der Waals surface area contributed by atoms with Gasteiger partial charge in [-0.2, -0.15) is 0 Å². The van der Waals surface area contributed by atoms with Crippen LogP contribution < -0.4 is 0 Å². The van der Waals surface area contributed by atoms with E-state index in [0.717, 1.165) is 11.3 Å². The molecule has 1 aromatic rings. The summed E-state index contributed by atoms with van der Waals surface area (Å²) in [5.74, 6) is -1.14. The fourth-order valence-electron chi connectivity index (χ4n) is 1.15. The van der Waals surface area contributed by atoms with Crippen LogP contribution in [0.1, 0.15) is 26.2 Å². The number of aliphatic hydroxyl groups excluding tert-OH is 2. The first-order chi connectivity index (χ1) is 6.97. The second-order valence-electron chi connectivity index (χ2n) is 3.13. The number of halogens is 1. The van der Waals surface area contributed by atoms with Crippen LogP contribution in [-0.2, 0) is 0 Å². The van der Waals surface area contributed by atoms with Gasteiger partial charge < -0.3 is 15.3 Å². The van der Waals surface area contributed by atoms with Gasteiger partial charge in [0.05, 0.1) is 12.0 Å². The van der Waals surface area contributed by atoms with Crippen molar-refractivity contribution < 1.29 is 20.1 Å². The number of aryl methyl sites for hydroxylation is 1. The fourth-order valence-corrected chi connectivity index (χ4v) is 2.38. The van der Waals surface area contributed by atoms with E-state index in [4.69, 9.17) is 16.7 Å². The van der Waals surface area contributed by atoms with Crippen LogP contribution in [0.3, 0.4) is 0 Å². The van der Waals surface area contributed by atoms with Crippen molar-refractivity contribution in [3.8, 4) is 0 Å². The highest BCUT2D eigenvalue weighted by molar-refractivity contribution is 7.14. The zero-order chi connectivity index (χ0) is 11.6. The smallest absolute Gasteiger partial charge is 0.345 e. The first-order valence-electron chi connectivity index (χ1n) is 4.23. The monoisotopic (exact) mass is 250 g/mol. The minimum Gasteiger partial charge on any atom is -0.477 e. The molecule has 0 aliphatic heterocycles. The number of aromatic carboxylic acids is 1. The van der Waals surface area contributed by atoms with Gasteiger partial charge in [0.15, 0.2) is 0 Å². The van der Waals surface area contributed by atoms with Crippen LogP contribution in [0.25, 0.3) is 0 Å². The summed E-state index contributed by atoms with van der Waals surface area (Å²) in [6.45, 7) is 1.68. The Labute approximate surface area is 95.7 Å². The van der Waals surface area contributed by atoms with Crippen molar-refractivity contribution in [3.63, 3.8) is 0 Å². The minimum absolute atomic E-state index is 0.0963. The number of carboxylic acids is 1. The fraction of sp³-hybridized carbons (Fsp3) is 0.444. The second kappa shape index (κ2) is 4.94. The molecule has 0 aliphatic rings. The van der Waals surface area contributed by atoms with Gasteiger partial charge in [0, 0.05) is 4.88 Å².